The molecule has 0 saturated heterocycles. The van der Waals surface area contributed by atoms with Crippen LogP contribution in [0, 0.1) is 11.6 Å². The van der Waals surface area contributed by atoms with Gasteiger partial charge in [0.1, 0.15) is 11.5 Å². The summed E-state index contributed by atoms with van der Waals surface area (Å²) >= 11 is 1.36. The number of anilines is 2. The molecule has 0 saturated carbocycles. The van der Waals surface area contributed by atoms with E-state index in [1.54, 1.807) is 37.3 Å². The third-order valence-corrected chi connectivity index (χ3v) is 4.46. The molecule has 132 valence electrons. The summed E-state index contributed by atoms with van der Waals surface area (Å²) in [5.41, 5.74) is -0.439. The molecule has 0 radical (unpaired) electrons. The number of rotatable bonds is 6. The van der Waals surface area contributed by atoms with Crippen LogP contribution in [0.3, 0.4) is 0 Å². The molecule has 0 heterocycles. The van der Waals surface area contributed by atoms with Crippen molar-refractivity contribution in [2.75, 3.05) is 16.4 Å². The second-order valence-corrected chi connectivity index (χ2v) is 6.81. The highest BCUT2D eigenvalue weighted by molar-refractivity contribution is 8.00. The lowest BCUT2D eigenvalue weighted by Gasteiger charge is -2.14. The molecule has 0 aliphatic carbocycles. The smallest absolute Gasteiger partial charge is 0.255 e. The van der Waals surface area contributed by atoms with E-state index in [1.165, 1.54) is 11.8 Å². The van der Waals surface area contributed by atoms with Crippen molar-refractivity contribution >= 4 is 35.0 Å². The van der Waals surface area contributed by atoms with Gasteiger partial charge in [0, 0.05) is 5.56 Å². The van der Waals surface area contributed by atoms with Gasteiger partial charge in [-0.25, -0.2) is 8.78 Å². The van der Waals surface area contributed by atoms with E-state index in [0.29, 0.717) is 11.3 Å². The first kappa shape index (κ1) is 18.9. The zero-order valence-corrected chi connectivity index (χ0v) is 14.6. The van der Waals surface area contributed by atoms with Gasteiger partial charge in [0.25, 0.3) is 5.91 Å². The molecule has 25 heavy (non-hydrogen) atoms. The van der Waals surface area contributed by atoms with E-state index >= 15 is 0 Å². The lowest BCUT2D eigenvalue weighted by molar-refractivity contribution is -0.115. The van der Waals surface area contributed by atoms with Crippen molar-refractivity contribution in [2.24, 2.45) is 0 Å². The van der Waals surface area contributed by atoms with Crippen LogP contribution in [-0.4, -0.2) is 22.8 Å². The minimum atomic E-state index is -1.02. The quantitative estimate of drug-likeness (QED) is 0.804. The van der Waals surface area contributed by atoms with Crippen LogP contribution in [0.5, 0.6) is 0 Å². The van der Waals surface area contributed by atoms with Crippen molar-refractivity contribution in [3.8, 4) is 0 Å². The van der Waals surface area contributed by atoms with E-state index in [4.69, 9.17) is 0 Å². The molecule has 0 aromatic heterocycles. The van der Waals surface area contributed by atoms with E-state index in [-0.39, 0.29) is 5.69 Å². The van der Waals surface area contributed by atoms with Gasteiger partial charge >= 0.3 is 0 Å². The van der Waals surface area contributed by atoms with Crippen LogP contribution in [0.2, 0.25) is 0 Å². The first-order valence-corrected chi connectivity index (χ1v) is 8.75. The molecule has 0 fully saturated rings. The first-order chi connectivity index (χ1) is 11.9. The van der Waals surface area contributed by atoms with Gasteiger partial charge in [-0.05, 0) is 36.9 Å². The Hall–Kier alpha value is -2.41. The first-order valence-electron chi connectivity index (χ1n) is 7.71. The highest BCUT2D eigenvalue weighted by Gasteiger charge is 2.20. The van der Waals surface area contributed by atoms with Crippen molar-refractivity contribution in [1.29, 1.82) is 0 Å². The van der Waals surface area contributed by atoms with Crippen LogP contribution in [0.1, 0.15) is 24.2 Å². The van der Waals surface area contributed by atoms with E-state index < -0.39 is 34.4 Å². The summed E-state index contributed by atoms with van der Waals surface area (Å²) in [4.78, 5) is 24.1. The maximum Gasteiger partial charge on any atom is 0.255 e. The number of benzene rings is 2. The second kappa shape index (κ2) is 8.62. The van der Waals surface area contributed by atoms with Crippen LogP contribution in [0.15, 0.2) is 42.5 Å². The zero-order chi connectivity index (χ0) is 18.4. The summed E-state index contributed by atoms with van der Waals surface area (Å²) < 4.78 is 28.5. The Balaban J connectivity index is 2.21. The van der Waals surface area contributed by atoms with Crippen LogP contribution >= 0.6 is 11.8 Å². The molecule has 0 aliphatic rings. The van der Waals surface area contributed by atoms with Crippen molar-refractivity contribution in [3.05, 3.63) is 59.7 Å². The van der Waals surface area contributed by atoms with Crippen molar-refractivity contribution in [2.45, 2.75) is 19.1 Å². The Kier molecular flexibility index (Phi) is 6.52. The molecule has 1 atom stereocenters. The third kappa shape index (κ3) is 4.79. The average Bonchev–Trinajstić information content (AvgIpc) is 2.61. The molecule has 0 bridgehead atoms. The Labute approximate surface area is 149 Å². The number of thioether (sulfide) groups is 1. The lowest BCUT2D eigenvalue weighted by Crippen LogP contribution is -2.24. The fraction of sp³-hybridized carbons (Fsp3) is 0.222. The normalized spacial score (nSPS) is 11.7. The lowest BCUT2D eigenvalue weighted by atomic mass is 10.2. The topological polar surface area (TPSA) is 58.2 Å². The molecule has 0 aliphatic heterocycles. The Bertz CT molecular complexity index is 769. The number of hydrogen-bond acceptors (Lipinski definition) is 3. The molecule has 0 spiro atoms. The number of amides is 2. The van der Waals surface area contributed by atoms with Crippen LogP contribution in [0.4, 0.5) is 20.2 Å². The SMILES string of the molecule is CCSC(C)C(=O)Nc1c(F)ccc(NC(=O)c2ccccc2)c1F. The van der Waals surface area contributed by atoms with Crippen molar-refractivity contribution < 1.29 is 18.4 Å². The predicted molar refractivity (Wildman–Crippen MR) is 97.0 cm³/mol. The summed E-state index contributed by atoms with van der Waals surface area (Å²) in [6.45, 7) is 3.54. The molecule has 2 aromatic rings. The summed E-state index contributed by atoms with van der Waals surface area (Å²) in [5.74, 6) is -2.26. The summed E-state index contributed by atoms with van der Waals surface area (Å²) in [6, 6.07) is 10.4. The van der Waals surface area contributed by atoms with Gasteiger partial charge in [0.2, 0.25) is 5.91 Å². The molecule has 2 aromatic carbocycles. The van der Waals surface area contributed by atoms with E-state index in [1.807, 2.05) is 6.92 Å². The van der Waals surface area contributed by atoms with Gasteiger partial charge in [-0.3, -0.25) is 9.59 Å². The monoisotopic (exact) mass is 364 g/mol. The number of carbonyl (C=O) groups is 2. The zero-order valence-electron chi connectivity index (χ0n) is 13.8. The standard InChI is InChI=1S/C18H18F2N2O2S/c1-3-25-11(2)17(23)22-16-13(19)9-10-14(15(16)20)21-18(24)12-7-5-4-6-8-12/h4-11H,3H2,1-2H3,(H,21,24)(H,22,23). The molecule has 2 rings (SSSR count). The maximum atomic E-state index is 14.5. The summed E-state index contributed by atoms with van der Waals surface area (Å²) in [6.07, 6.45) is 0. The highest BCUT2D eigenvalue weighted by atomic mass is 32.2. The van der Waals surface area contributed by atoms with Gasteiger partial charge in [0.15, 0.2) is 5.82 Å². The van der Waals surface area contributed by atoms with Gasteiger partial charge in [-0.15, -0.1) is 11.8 Å². The Morgan fingerprint density at radius 1 is 1.08 bits per heavy atom. The number of nitrogens with one attached hydrogen (secondary N) is 2. The third-order valence-electron chi connectivity index (χ3n) is 3.41. The minimum absolute atomic E-state index is 0.207. The van der Waals surface area contributed by atoms with E-state index in [2.05, 4.69) is 10.6 Å². The number of hydrogen-bond donors (Lipinski definition) is 2. The largest absolute Gasteiger partial charge is 0.320 e. The van der Waals surface area contributed by atoms with Crippen LogP contribution in [-0.2, 0) is 4.79 Å². The van der Waals surface area contributed by atoms with Crippen molar-refractivity contribution in [3.63, 3.8) is 0 Å². The molecule has 2 amide bonds. The van der Waals surface area contributed by atoms with Crippen LogP contribution in [0.25, 0.3) is 0 Å². The number of carbonyl (C=O) groups excluding carboxylic acids is 2. The molecule has 1 unspecified atom stereocenters. The fourth-order valence-electron chi connectivity index (χ4n) is 2.10. The Morgan fingerprint density at radius 2 is 1.76 bits per heavy atom. The van der Waals surface area contributed by atoms with E-state index in [9.17, 15) is 18.4 Å². The van der Waals surface area contributed by atoms with Gasteiger partial charge < -0.3 is 10.6 Å². The molecule has 2 N–H and O–H groups in total. The molecule has 7 heteroatoms. The van der Waals surface area contributed by atoms with E-state index in [0.717, 1.165) is 12.1 Å². The van der Waals surface area contributed by atoms with Crippen molar-refractivity contribution in [1.82, 2.24) is 0 Å². The van der Waals surface area contributed by atoms with Gasteiger partial charge in [0.05, 0.1) is 10.9 Å². The summed E-state index contributed by atoms with van der Waals surface area (Å²) in [7, 11) is 0. The molecular formula is C18H18F2N2O2S. The summed E-state index contributed by atoms with van der Waals surface area (Å²) in [5, 5.41) is 4.19. The molecule has 4 nitrogen and oxygen atoms in total. The van der Waals surface area contributed by atoms with Gasteiger partial charge in [-0.1, -0.05) is 25.1 Å². The maximum absolute atomic E-state index is 14.5. The number of halogens is 2. The highest BCUT2D eigenvalue weighted by Crippen LogP contribution is 2.27. The predicted octanol–water partition coefficient (Wildman–Crippen LogP) is 4.30. The minimum Gasteiger partial charge on any atom is -0.320 e. The van der Waals surface area contributed by atoms with Crippen LogP contribution < -0.4 is 10.6 Å². The fourth-order valence-corrected chi connectivity index (χ4v) is 2.81. The Morgan fingerprint density at radius 3 is 2.40 bits per heavy atom. The molecular weight excluding hydrogens is 346 g/mol. The van der Waals surface area contributed by atoms with Gasteiger partial charge in [-0.2, -0.15) is 0 Å². The average molecular weight is 364 g/mol. The second-order valence-electron chi connectivity index (χ2n) is 5.19.